The van der Waals surface area contributed by atoms with Crippen LogP contribution in [0.25, 0.3) is 0 Å². The smallest absolute Gasteiger partial charge is 0.251 e. The Labute approximate surface area is 125 Å². The van der Waals surface area contributed by atoms with Crippen LogP contribution in [0.3, 0.4) is 0 Å². The van der Waals surface area contributed by atoms with Crippen LogP contribution in [-0.4, -0.2) is 17.4 Å². The van der Waals surface area contributed by atoms with E-state index in [1.54, 1.807) is 6.07 Å². The van der Waals surface area contributed by atoms with Crippen LogP contribution in [0.1, 0.15) is 48.7 Å². The zero-order valence-electron chi connectivity index (χ0n) is 11.9. The van der Waals surface area contributed by atoms with E-state index in [-0.39, 0.29) is 5.91 Å². The first-order valence-corrected chi connectivity index (χ1v) is 7.66. The molecule has 3 nitrogen and oxygen atoms in total. The zero-order valence-corrected chi connectivity index (χ0v) is 12.6. The molecule has 0 spiro atoms. The largest absolute Gasteiger partial charge is 0.352 e. The summed E-state index contributed by atoms with van der Waals surface area (Å²) in [5.41, 5.74) is 1.49. The second-order valence-electron chi connectivity index (χ2n) is 5.28. The maximum Gasteiger partial charge on any atom is 0.251 e. The number of pyridine rings is 1. The molecule has 20 heavy (non-hydrogen) atoms. The number of aromatic nitrogens is 1. The highest BCUT2D eigenvalue weighted by atomic mass is 35.5. The Bertz CT molecular complexity index is 499. The molecule has 0 bridgehead atoms. The van der Waals surface area contributed by atoms with Crippen LogP contribution in [0.5, 0.6) is 0 Å². The molecule has 1 aromatic rings. The molecule has 0 aromatic carbocycles. The van der Waals surface area contributed by atoms with Gasteiger partial charge in [0, 0.05) is 17.8 Å². The van der Waals surface area contributed by atoms with E-state index >= 15 is 0 Å². The first kappa shape index (κ1) is 15.0. The molecule has 1 atom stereocenters. The van der Waals surface area contributed by atoms with E-state index in [1.807, 2.05) is 6.07 Å². The second kappa shape index (κ2) is 7.44. The van der Waals surface area contributed by atoms with Gasteiger partial charge in [0.15, 0.2) is 0 Å². The van der Waals surface area contributed by atoms with Crippen LogP contribution in [0.2, 0.25) is 5.15 Å². The van der Waals surface area contributed by atoms with Crippen molar-refractivity contribution < 1.29 is 4.79 Å². The van der Waals surface area contributed by atoms with E-state index in [0.29, 0.717) is 16.6 Å². The predicted molar refractivity (Wildman–Crippen MR) is 82.1 cm³/mol. The average molecular weight is 293 g/mol. The Hall–Kier alpha value is -1.35. The standard InChI is InChI=1S/C16H21ClN2O/c1-2-6-14-9-13(10-15(17)19-14)16(20)18-11-12-7-4-3-5-8-12/h3-4,9-10,12H,2,5-8,11H2,1H3,(H,18,20). The predicted octanol–water partition coefficient (Wildman–Crippen LogP) is 3.77. The number of hydrogen-bond donors (Lipinski definition) is 1. The summed E-state index contributed by atoms with van der Waals surface area (Å²) in [5.74, 6) is 0.498. The van der Waals surface area contributed by atoms with Gasteiger partial charge in [-0.2, -0.15) is 0 Å². The Morgan fingerprint density at radius 1 is 1.45 bits per heavy atom. The van der Waals surface area contributed by atoms with Crippen LogP contribution in [0.4, 0.5) is 0 Å². The summed E-state index contributed by atoms with van der Waals surface area (Å²) in [6, 6.07) is 3.47. The van der Waals surface area contributed by atoms with Gasteiger partial charge in [-0.05, 0) is 43.7 Å². The lowest BCUT2D eigenvalue weighted by atomic mass is 9.94. The molecule has 1 unspecified atom stereocenters. The number of nitrogens with one attached hydrogen (secondary N) is 1. The Morgan fingerprint density at radius 2 is 2.30 bits per heavy atom. The number of carbonyl (C=O) groups excluding carboxylic acids is 1. The maximum atomic E-state index is 12.2. The number of halogens is 1. The number of amides is 1. The molecule has 0 saturated heterocycles. The Morgan fingerprint density at radius 3 is 3.00 bits per heavy atom. The van der Waals surface area contributed by atoms with Crippen molar-refractivity contribution in [2.75, 3.05) is 6.54 Å². The van der Waals surface area contributed by atoms with E-state index < -0.39 is 0 Å². The minimum atomic E-state index is -0.0544. The lowest BCUT2D eigenvalue weighted by molar-refractivity contribution is 0.0946. The van der Waals surface area contributed by atoms with Crippen molar-refractivity contribution in [1.29, 1.82) is 0 Å². The second-order valence-corrected chi connectivity index (χ2v) is 5.67. The fraction of sp³-hybridized carbons (Fsp3) is 0.500. The molecule has 0 fully saturated rings. The molecule has 1 aliphatic carbocycles. The summed E-state index contributed by atoms with van der Waals surface area (Å²) in [6.45, 7) is 2.81. The minimum Gasteiger partial charge on any atom is -0.352 e. The lowest BCUT2D eigenvalue weighted by Crippen LogP contribution is -2.29. The third-order valence-corrected chi connectivity index (χ3v) is 3.74. The van der Waals surface area contributed by atoms with Crippen molar-refractivity contribution in [1.82, 2.24) is 10.3 Å². The van der Waals surface area contributed by atoms with Gasteiger partial charge in [0.25, 0.3) is 5.91 Å². The Kier molecular flexibility index (Phi) is 5.60. The van der Waals surface area contributed by atoms with Gasteiger partial charge in [-0.25, -0.2) is 4.98 Å². The first-order valence-electron chi connectivity index (χ1n) is 7.28. The summed E-state index contributed by atoms with van der Waals surface area (Å²) < 4.78 is 0. The number of rotatable bonds is 5. The van der Waals surface area contributed by atoms with E-state index in [0.717, 1.165) is 44.3 Å². The number of hydrogen-bond acceptors (Lipinski definition) is 2. The van der Waals surface area contributed by atoms with Crippen molar-refractivity contribution in [2.24, 2.45) is 5.92 Å². The van der Waals surface area contributed by atoms with Crippen molar-refractivity contribution in [3.63, 3.8) is 0 Å². The number of carbonyl (C=O) groups is 1. The lowest BCUT2D eigenvalue weighted by Gasteiger charge is -2.18. The summed E-state index contributed by atoms with van der Waals surface area (Å²) >= 11 is 5.98. The van der Waals surface area contributed by atoms with E-state index in [4.69, 9.17) is 11.6 Å². The van der Waals surface area contributed by atoms with Gasteiger partial charge in [0.05, 0.1) is 0 Å². The number of nitrogens with zero attached hydrogens (tertiary/aromatic N) is 1. The van der Waals surface area contributed by atoms with E-state index in [2.05, 4.69) is 29.4 Å². The van der Waals surface area contributed by atoms with Gasteiger partial charge in [-0.15, -0.1) is 0 Å². The third kappa shape index (κ3) is 4.34. The van der Waals surface area contributed by atoms with Gasteiger partial charge in [-0.1, -0.05) is 37.1 Å². The topological polar surface area (TPSA) is 42.0 Å². The normalized spacial score (nSPS) is 18.0. The highest BCUT2D eigenvalue weighted by molar-refractivity contribution is 6.29. The molecule has 2 rings (SSSR count). The quantitative estimate of drug-likeness (QED) is 0.663. The monoisotopic (exact) mass is 292 g/mol. The molecule has 1 amide bonds. The molecule has 108 valence electrons. The maximum absolute atomic E-state index is 12.2. The van der Waals surface area contributed by atoms with Crippen LogP contribution in [0, 0.1) is 5.92 Å². The van der Waals surface area contributed by atoms with Crippen LogP contribution in [-0.2, 0) is 6.42 Å². The SMILES string of the molecule is CCCc1cc(C(=O)NCC2CC=CCC2)cc(Cl)n1. The van der Waals surface area contributed by atoms with Gasteiger partial charge < -0.3 is 5.32 Å². The molecule has 1 aromatic heterocycles. The molecule has 1 heterocycles. The first-order chi connectivity index (χ1) is 9.69. The van der Waals surface area contributed by atoms with Crippen molar-refractivity contribution in [3.8, 4) is 0 Å². The average Bonchev–Trinajstić information content (AvgIpc) is 2.45. The van der Waals surface area contributed by atoms with E-state index in [1.165, 1.54) is 0 Å². The van der Waals surface area contributed by atoms with Crippen molar-refractivity contribution in [2.45, 2.75) is 39.0 Å². The van der Waals surface area contributed by atoms with Crippen LogP contribution >= 0.6 is 11.6 Å². The summed E-state index contributed by atoms with van der Waals surface area (Å²) in [6.07, 6.45) is 9.55. The number of aryl methyl sites for hydroxylation is 1. The van der Waals surface area contributed by atoms with Gasteiger partial charge >= 0.3 is 0 Å². The number of allylic oxidation sites excluding steroid dienone is 2. The Balaban J connectivity index is 1.95. The minimum absolute atomic E-state index is 0.0544. The highest BCUT2D eigenvalue weighted by Gasteiger charge is 2.13. The van der Waals surface area contributed by atoms with Gasteiger partial charge in [-0.3, -0.25) is 4.79 Å². The molecular formula is C16H21ClN2O. The third-order valence-electron chi connectivity index (χ3n) is 3.54. The van der Waals surface area contributed by atoms with Gasteiger partial charge in [0.1, 0.15) is 5.15 Å². The molecule has 0 aliphatic heterocycles. The molecule has 1 N–H and O–H groups in total. The molecule has 0 radical (unpaired) electrons. The molecule has 1 aliphatic rings. The fourth-order valence-corrected chi connectivity index (χ4v) is 2.67. The van der Waals surface area contributed by atoms with Crippen molar-refractivity contribution >= 4 is 17.5 Å². The molecule has 4 heteroatoms. The zero-order chi connectivity index (χ0) is 14.4. The van der Waals surface area contributed by atoms with Crippen LogP contribution < -0.4 is 5.32 Å². The molecule has 0 saturated carbocycles. The van der Waals surface area contributed by atoms with Crippen LogP contribution in [0.15, 0.2) is 24.3 Å². The van der Waals surface area contributed by atoms with Gasteiger partial charge in [0.2, 0.25) is 0 Å². The fourth-order valence-electron chi connectivity index (χ4n) is 2.45. The van der Waals surface area contributed by atoms with E-state index in [9.17, 15) is 4.79 Å². The summed E-state index contributed by atoms with van der Waals surface area (Å²) in [4.78, 5) is 16.4. The van der Waals surface area contributed by atoms with Crippen molar-refractivity contribution in [3.05, 3.63) is 40.7 Å². The summed E-state index contributed by atoms with van der Waals surface area (Å²) in [7, 11) is 0. The highest BCUT2D eigenvalue weighted by Crippen LogP contribution is 2.17. The summed E-state index contributed by atoms with van der Waals surface area (Å²) in [5, 5.41) is 3.40. The molecular weight excluding hydrogens is 272 g/mol.